The van der Waals surface area contributed by atoms with Crippen molar-refractivity contribution >= 4 is 43.3 Å². The van der Waals surface area contributed by atoms with Crippen LogP contribution in [0.2, 0.25) is 0 Å². The molecule has 4 nitrogen and oxygen atoms in total. The molecule has 0 radical (unpaired) electrons. The minimum Gasteiger partial charge on any atom is -0.338 e. The molecule has 0 bridgehead atoms. The van der Waals surface area contributed by atoms with Crippen LogP contribution in [-0.4, -0.2) is 41.1 Å². The number of pyridine rings is 1. The monoisotopic (exact) mass is 475 g/mol. The van der Waals surface area contributed by atoms with Gasteiger partial charge in [0.25, 0.3) is 5.91 Å². The summed E-state index contributed by atoms with van der Waals surface area (Å²) >= 11 is 5.04. The summed E-state index contributed by atoms with van der Waals surface area (Å²) in [6.07, 6.45) is 2.51. The molecule has 29 heavy (non-hydrogen) atoms. The maximum atomic E-state index is 15.2. The zero-order chi connectivity index (χ0) is 20.4. The molecular formula is C22H23BrFN3OS. The molecule has 1 aromatic carbocycles. The van der Waals surface area contributed by atoms with Crippen LogP contribution in [0.1, 0.15) is 34.5 Å². The first-order valence-corrected chi connectivity index (χ1v) is 11.4. The Hall–Kier alpha value is -1.83. The molecule has 1 aliphatic heterocycles. The normalized spacial score (nSPS) is 16.3. The topological polar surface area (TPSA) is 45.2 Å². The molecule has 0 saturated carbocycles. The van der Waals surface area contributed by atoms with Crippen molar-refractivity contribution in [2.45, 2.75) is 32.0 Å². The molecule has 0 unspecified atom stereocenters. The maximum absolute atomic E-state index is 15.2. The van der Waals surface area contributed by atoms with Gasteiger partial charge in [-0.2, -0.15) is 0 Å². The minimum atomic E-state index is -1.29. The van der Waals surface area contributed by atoms with E-state index in [9.17, 15) is 4.79 Å². The van der Waals surface area contributed by atoms with E-state index >= 15 is 4.39 Å². The Morgan fingerprint density at radius 1 is 1.31 bits per heavy atom. The Kier molecular flexibility index (Phi) is 5.99. The largest absolute Gasteiger partial charge is 0.338 e. The molecule has 0 atom stereocenters. The van der Waals surface area contributed by atoms with Gasteiger partial charge in [-0.1, -0.05) is 22.0 Å². The Morgan fingerprint density at radius 2 is 2.10 bits per heavy atom. The fourth-order valence-electron chi connectivity index (χ4n) is 3.64. The van der Waals surface area contributed by atoms with Gasteiger partial charge in [0.15, 0.2) is 0 Å². The second-order valence-electron chi connectivity index (χ2n) is 7.66. The smallest absolute Gasteiger partial charge is 0.255 e. The molecule has 2 aromatic heterocycles. The van der Waals surface area contributed by atoms with Gasteiger partial charge in [0.1, 0.15) is 5.67 Å². The van der Waals surface area contributed by atoms with Gasteiger partial charge < -0.3 is 10.2 Å². The number of benzene rings is 1. The van der Waals surface area contributed by atoms with Gasteiger partial charge >= 0.3 is 0 Å². The van der Waals surface area contributed by atoms with Crippen LogP contribution >= 0.6 is 27.3 Å². The molecule has 152 valence electrons. The van der Waals surface area contributed by atoms with Gasteiger partial charge in [0.2, 0.25) is 0 Å². The van der Waals surface area contributed by atoms with Crippen LogP contribution in [0, 0.1) is 6.92 Å². The Balaban J connectivity index is 1.33. The van der Waals surface area contributed by atoms with Crippen LogP contribution in [-0.2, 0) is 6.54 Å². The highest BCUT2D eigenvalue weighted by molar-refractivity contribution is 9.10. The third-order valence-electron chi connectivity index (χ3n) is 5.43. The van der Waals surface area contributed by atoms with Crippen LogP contribution in [0.4, 0.5) is 4.39 Å². The van der Waals surface area contributed by atoms with Crippen LogP contribution in [0.25, 0.3) is 10.1 Å². The first-order chi connectivity index (χ1) is 13.9. The second-order valence-corrected chi connectivity index (χ2v) is 9.49. The highest BCUT2D eigenvalue weighted by atomic mass is 79.9. The van der Waals surface area contributed by atoms with E-state index in [-0.39, 0.29) is 12.5 Å². The molecular weight excluding hydrogens is 453 g/mol. The zero-order valence-corrected chi connectivity index (χ0v) is 18.7. The number of halogens is 2. The maximum Gasteiger partial charge on any atom is 0.255 e. The average Bonchev–Trinajstić information content (AvgIpc) is 3.12. The Labute approximate surface area is 182 Å². The molecule has 1 amide bonds. The summed E-state index contributed by atoms with van der Waals surface area (Å²) < 4.78 is 17.2. The molecule has 3 aromatic rings. The molecule has 3 heterocycles. The summed E-state index contributed by atoms with van der Waals surface area (Å²) in [7, 11) is 0. The van der Waals surface area contributed by atoms with E-state index in [0.717, 1.165) is 25.8 Å². The number of hydrogen-bond acceptors (Lipinski definition) is 4. The summed E-state index contributed by atoms with van der Waals surface area (Å²) in [4.78, 5) is 19.1. The summed E-state index contributed by atoms with van der Waals surface area (Å²) in [5.41, 5.74) is 1.43. The van der Waals surface area contributed by atoms with Crippen molar-refractivity contribution in [2.75, 3.05) is 19.6 Å². The molecule has 7 heteroatoms. The predicted octanol–water partition coefficient (Wildman–Crippen LogP) is 5.10. The van der Waals surface area contributed by atoms with E-state index in [0.29, 0.717) is 38.0 Å². The highest BCUT2D eigenvalue weighted by Gasteiger charge is 2.36. The van der Waals surface area contributed by atoms with E-state index in [1.165, 1.54) is 0 Å². The van der Waals surface area contributed by atoms with Gasteiger partial charge in [-0.05, 0) is 36.8 Å². The lowest BCUT2D eigenvalue weighted by Crippen LogP contribution is -2.48. The number of piperidine rings is 1. The third kappa shape index (κ3) is 4.68. The average molecular weight is 476 g/mol. The lowest BCUT2D eigenvalue weighted by molar-refractivity contribution is 0.0436. The van der Waals surface area contributed by atoms with Crippen molar-refractivity contribution in [3.05, 3.63) is 63.2 Å². The lowest BCUT2D eigenvalue weighted by Gasteiger charge is -2.36. The Bertz CT molecular complexity index is 1010. The number of amides is 1. The van der Waals surface area contributed by atoms with Crippen molar-refractivity contribution in [3.8, 4) is 0 Å². The number of nitrogens with zero attached hydrogens (tertiary/aromatic N) is 2. The number of aryl methyl sites for hydroxylation is 1. The SMILES string of the molecule is Cc1ccc(CNCC2(F)CCN(C(=O)c3csc4ccc(Br)cc34)CC2)nc1. The predicted molar refractivity (Wildman–Crippen MR) is 119 cm³/mol. The van der Waals surface area contributed by atoms with E-state index in [1.54, 1.807) is 16.2 Å². The lowest BCUT2D eigenvalue weighted by atomic mass is 9.92. The van der Waals surface area contributed by atoms with Gasteiger partial charge in [0.05, 0.1) is 11.3 Å². The fourth-order valence-corrected chi connectivity index (χ4v) is 4.92. The van der Waals surface area contributed by atoms with E-state index in [2.05, 4.69) is 26.2 Å². The Morgan fingerprint density at radius 3 is 2.83 bits per heavy atom. The summed E-state index contributed by atoms with van der Waals surface area (Å²) in [5, 5.41) is 6.06. The van der Waals surface area contributed by atoms with Crippen molar-refractivity contribution in [3.63, 3.8) is 0 Å². The van der Waals surface area contributed by atoms with Gasteiger partial charge in [0, 0.05) is 65.2 Å². The third-order valence-corrected chi connectivity index (χ3v) is 6.89. The van der Waals surface area contributed by atoms with Crippen molar-refractivity contribution in [1.82, 2.24) is 15.2 Å². The number of rotatable bonds is 5. The molecule has 4 rings (SSSR count). The van der Waals surface area contributed by atoms with Crippen LogP contribution in [0.15, 0.2) is 46.4 Å². The van der Waals surface area contributed by atoms with Crippen molar-refractivity contribution < 1.29 is 9.18 Å². The number of thiophene rings is 1. The van der Waals surface area contributed by atoms with E-state index in [1.807, 2.05) is 48.8 Å². The summed E-state index contributed by atoms with van der Waals surface area (Å²) in [6.45, 7) is 3.69. The number of alkyl halides is 1. The number of nitrogens with one attached hydrogen (secondary N) is 1. The highest BCUT2D eigenvalue weighted by Crippen LogP contribution is 2.32. The van der Waals surface area contributed by atoms with Gasteiger partial charge in [-0.15, -0.1) is 11.3 Å². The van der Waals surface area contributed by atoms with E-state index in [4.69, 9.17) is 0 Å². The fraction of sp³-hybridized carbons (Fsp3) is 0.364. The van der Waals surface area contributed by atoms with Crippen LogP contribution in [0.3, 0.4) is 0 Å². The number of likely N-dealkylation sites (tertiary alicyclic amines) is 1. The molecule has 1 saturated heterocycles. The summed E-state index contributed by atoms with van der Waals surface area (Å²) in [5.74, 6) is -0.00628. The quantitative estimate of drug-likeness (QED) is 0.557. The first kappa shape index (κ1) is 20.4. The summed E-state index contributed by atoms with van der Waals surface area (Å²) in [6, 6.07) is 9.93. The number of hydrogen-bond donors (Lipinski definition) is 1. The van der Waals surface area contributed by atoms with Crippen molar-refractivity contribution in [1.29, 1.82) is 0 Å². The number of aromatic nitrogens is 1. The van der Waals surface area contributed by atoms with Crippen LogP contribution in [0.5, 0.6) is 0 Å². The number of carbonyl (C=O) groups is 1. The number of fused-ring (bicyclic) bond motifs is 1. The minimum absolute atomic E-state index is 0.00628. The molecule has 1 N–H and O–H groups in total. The molecule has 1 fully saturated rings. The zero-order valence-electron chi connectivity index (χ0n) is 16.3. The van der Waals surface area contributed by atoms with Crippen LogP contribution < -0.4 is 5.32 Å². The second kappa shape index (κ2) is 8.50. The van der Waals surface area contributed by atoms with Gasteiger partial charge in [-0.3, -0.25) is 9.78 Å². The molecule has 1 aliphatic rings. The van der Waals surface area contributed by atoms with Gasteiger partial charge in [-0.25, -0.2) is 4.39 Å². The molecule has 0 spiro atoms. The van der Waals surface area contributed by atoms with E-state index < -0.39 is 5.67 Å². The molecule has 0 aliphatic carbocycles. The first-order valence-electron chi connectivity index (χ1n) is 9.71. The standard InChI is InChI=1S/C22H23BrFN3OS/c1-15-2-4-17(26-11-15)12-25-14-22(24)6-8-27(9-7-22)21(28)19-13-29-20-5-3-16(23)10-18(19)20/h2-5,10-11,13,25H,6-9,12,14H2,1H3. The number of carbonyl (C=O) groups excluding carboxylic acids is 1. The van der Waals surface area contributed by atoms with Crippen molar-refractivity contribution in [2.24, 2.45) is 0 Å².